The highest BCUT2D eigenvalue weighted by Gasteiger charge is 2.18. The first-order chi connectivity index (χ1) is 10.3. The maximum absolute atomic E-state index is 13.3. The molecule has 0 spiro atoms. The van der Waals surface area contributed by atoms with Crippen molar-refractivity contribution in [3.05, 3.63) is 40.1 Å². The Labute approximate surface area is 135 Å². The zero-order chi connectivity index (χ0) is 16.4. The Morgan fingerprint density at radius 2 is 1.86 bits per heavy atom. The number of halogens is 4. The molecule has 0 saturated heterocycles. The number of hydrogen-bond donors (Lipinski definition) is 2. The van der Waals surface area contributed by atoms with E-state index in [1.54, 1.807) is 0 Å². The van der Waals surface area contributed by atoms with Gasteiger partial charge in [-0.3, -0.25) is 0 Å². The average molecular weight is 369 g/mol. The summed E-state index contributed by atoms with van der Waals surface area (Å²) in [5.74, 6) is -2.68. The van der Waals surface area contributed by atoms with Crippen LogP contribution in [0, 0.1) is 11.9 Å². The number of hydrogen-bond acceptors (Lipinski definition) is 6. The highest BCUT2D eigenvalue weighted by atomic mass is 35.5. The number of aromatic nitrogens is 1. The Bertz CT molecular complexity index is 738. The SMILES string of the molecule is Nc1ccc(Nc2c(Cl)c(F)nc(F)c2Cl)cc1OS(=O)[O-]. The van der Waals surface area contributed by atoms with E-state index in [9.17, 15) is 17.5 Å². The first-order valence-electron chi connectivity index (χ1n) is 5.43. The summed E-state index contributed by atoms with van der Waals surface area (Å²) in [6.45, 7) is 0. The molecule has 0 saturated carbocycles. The van der Waals surface area contributed by atoms with Gasteiger partial charge in [-0.15, -0.1) is 0 Å². The summed E-state index contributed by atoms with van der Waals surface area (Å²) in [6, 6.07) is 3.91. The first kappa shape index (κ1) is 16.7. The van der Waals surface area contributed by atoms with Gasteiger partial charge in [0.15, 0.2) is 5.75 Å². The van der Waals surface area contributed by atoms with Gasteiger partial charge in [0, 0.05) is 11.8 Å². The summed E-state index contributed by atoms with van der Waals surface area (Å²) in [4.78, 5) is 2.88. The normalized spacial score (nSPS) is 12.0. The van der Waals surface area contributed by atoms with Crippen molar-refractivity contribution in [2.75, 3.05) is 11.1 Å². The van der Waals surface area contributed by atoms with Crippen LogP contribution in [-0.4, -0.2) is 13.7 Å². The van der Waals surface area contributed by atoms with E-state index in [1.807, 2.05) is 0 Å². The van der Waals surface area contributed by atoms with E-state index in [0.29, 0.717) is 0 Å². The predicted octanol–water partition coefficient (Wildman–Crippen LogP) is 3.17. The number of nitrogens with zero attached hydrogens (tertiary/aromatic N) is 1. The number of benzene rings is 1. The van der Waals surface area contributed by atoms with Crippen LogP contribution in [0.2, 0.25) is 10.0 Å². The lowest BCUT2D eigenvalue weighted by atomic mass is 10.2. The molecule has 1 aromatic heterocycles. The minimum Gasteiger partial charge on any atom is -0.740 e. The molecule has 2 rings (SSSR count). The number of rotatable bonds is 4. The molecule has 2 aromatic rings. The highest BCUT2D eigenvalue weighted by molar-refractivity contribution is 7.74. The van der Waals surface area contributed by atoms with Crippen molar-refractivity contribution in [2.24, 2.45) is 0 Å². The average Bonchev–Trinajstić information content (AvgIpc) is 2.44. The smallest absolute Gasteiger partial charge is 0.236 e. The quantitative estimate of drug-likeness (QED) is 0.488. The zero-order valence-electron chi connectivity index (χ0n) is 10.4. The van der Waals surface area contributed by atoms with Crippen molar-refractivity contribution in [2.45, 2.75) is 0 Å². The van der Waals surface area contributed by atoms with E-state index in [2.05, 4.69) is 14.5 Å². The van der Waals surface area contributed by atoms with Crippen LogP contribution in [0.25, 0.3) is 0 Å². The van der Waals surface area contributed by atoms with Crippen molar-refractivity contribution < 1.29 is 21.7 Å². The van der Waals surface area contributed by atoms with Gasteiger partial charge in [0.2, 0.25) is 11.9 Å². The highest BCUT2D eigenvalue weighted by Crippen LogP contribution is 2.36. The van der Waals surface area contributed by atoms with Gasteiger partial charge < -0.3 is 19.8 Å². The van der Waals surface area contributed by atoms with Crippen LogP contribution >= 0.6 is 23.2 Å². The molecule has 0 aliphatic heterocycles. The molecule has 1 atom stereocenters. The molecular formula is C11H6Cl2F2N3O3S-. The number of anilines is 3. The second kappa shape index (κ2) is 6.61. The van der Waals surface area contributed by atoms with Crippen LogP contribution in [-0.2, 0) is 11.4 Å². The third-order valence-corrected chi connectivity index (χ3v) is 3.44. The third kappa shape index (κ3) is 3.55. The molecule has 0 radical (unpaired) electrons. The molecule has 118 valence electrons. The molecule has 6 nitrogen and oxygen atoms in total. The van der Waals surface area contributed by atoms with Crippen molar-refractivity contribution in [3.8, 4) is 5.75 Å². The van der Waals surface area contributed by atoms with Crippen LogP contribution < -0.4 is 15.2 Å². The molecule has 0 amide bonds. The Morgan fingerprint density at radius 1 is 1.27 bits per heavy atom. The minimum absolute atomic E-state index is 0.0408. The van der Waals surface area contributed by atoms with E-state index in [-0.39, 0.29) is 22.8 Å². The third-order valence-electron chi connectivity index (χ3n) is 2.44. The van der Waals surface area contributed by atoms with Gasteiger partial charge in [0.05, 0.1) is 11.4 Å². The lowest BCUT2D eigenvalue weighted by molar-refractivity contribution is 0.441. The summed E-state index contributed by atoms with van der Waals surface area (Å²) < 4.78 is 52.2. The Morgan fingerprint density at radius 3 is 2.41 bits per heavy atom. The van der Waals surface area contributed by atoms with Gasteiger partial charge >= 0.3 is 0 Å². The maximum Gasteiger partial charge on any atom is 0.236 e. The largest absolute Gasteiger partial charge is 0.740 e. The van der Waals surface area contributed by atoms with Gasteiger partial charge in [-0.05, 0) is 12.1 Å². The number of pyridine rings is 1. The second-order valence-corrected chi connectivity index (χ2v) is 5.19. The van der Waals surface area contributed by atoms with Crippen LogP contribution in [0.15, 0.2) is 18.2 Å². The van der Waals surface area contributed by atoms with E-state index in [4.69, 9.17) is 28.9 Å². The van der Waals surface area contributed by atoms with Gasteiger partial charge in [-0.25, -0.2) is 4.21 Å². The molecule has 0 bridgehead atoms. The number of nitrogen functional groups attached to an aromatic ring is 1. The van der Waals surface area contributed by atoms with Crippen LogP contribution in [0.4, 0.5) is 25.8 Å². The topological polar surface area (TPSA) is 100 Å². The molecule has 11 heteroatoms. The van der Waals surface area contributed by atoms with Gasteiger partial charge in [-0.2, -0.15) is 13.8 Å². The van der Waals surface area contributed by atoms with Gasteiger partial charge in [0.1, 0.15) is 21.4 Å². The monoisotopic (exact) mass is 368 g/mol. The fourth-order valence-corrected chi connectivity index (χ4v) is 2.21. The van der Waals surface area contributed by atoms with Crippen LogP contribution in [0.1, 0.15) is 0 Å². The molecule has 0 aliphatic rings. The summed E-state index contributed by atoms with van der Waals surface area (Å²) in [6.07, 6.45) is 0. The molecule has 0 fully saturated rings. The second-order valence-electron chi connectivity index (χ2n) is 3.86. The first-order valence-corrected chi connectivity index (χ1v) is 7.19. The summed E-state index contributed by atoms with van der Waals surface area (Å²) >= 11 is 8.50. The number of nitrogens with one attached hydrogen (secondary N) is 1. The van der Waals surface area contributed by atoms with Crippen molar-refractivity contribution in [1.82, 2.24) is 4.98 Å². The summed E-state index contributed by atoms with van der Waals surface area (Å²) in [5.41, 5.74) is 5.48. The summed E-state index contributed by atoms with van der Waals surface area (Å²) in [5, 5.41) is 1.48. The fraction of sp³-hybridized carbons (Fsp3) is 0. The standard InChI is InChI=1S/C11H7Cl2F2N3O3S/c12-7-9(8(13)11(15)18-10(7)14)17-4-1-2-5(16)6(3-4)21-22(19)20/h1-3H,16H2,(H,17,18)(H,19,20)/p-1. The lowest BCUT2D eigenvalue weighted by Gasteiger charge is -2.14. The molecule has 0 aliphatic carbocycles. The number of nitrogens with two attached hydrogens (primary N) is 1. The molecular weight excluding hydrogens is 363 g/mol. The lowest BCUT2D eigenvalue weighted by Crippen LogP contribution is -2.03. The zero-order valence-corrected chi connectivity index (χ0v) is 12.7. The molecule has 1 heterocycles. The van der Waals surface area contributed by atoms with Crippen molar-refractivity contribution in [3.63, 3.8) is 0 Å². The van der Waals surface area contributed by atoms with Gasteiger partial charge in [-0.1, -0.05) is 23.2 Å². The Hall–Kier alpha value is -1.68. The minimum atomic E-state index is -2.84. The fourth-order valence-electron chi connectivity index (χ4n) is 1.50. The Balaban J connectivity index is 2.42. The molecule has 22 heavy (non-hydrogen) atoms. The van der Waals surface area contributed by atoms with Gasteiger partial charge in [0.25, 0.3) is 0 Å². The van der Waals surface area contributed by atoms with E-state index in [1.165, 1.54) is 18.2 Å². The van der Waals surface area contributed by atoms with E-state index in [0.717, 1.165) is 0 Å². The Kier molecular flexibility index (Phi) is 5.01. The summed E-state index contributed by atoms with van der Waals surface area (Å²) in [7, 11) is 0. The maximum atomic E-state index is 13.3. The molecule has 1 aromatic carbocycles. The molecule has 3 N–H and O–H groups in total. The van der Waals surface area contributed by atoms with E-state index < -0.39 is 33.3 Å². The van der Waals surface area contributed by atoms with Crippen LogP contribution in [0.3, 0.4) is 0 Å². The molecule has 1 unspecified atom stereocenters. The van der Waals surface area contributed by atoms with Crippen molar-refractivity contribution >= 4 is 51.6 Å². The predicted molar refractivity (Wildman–Crippen MR) is 77.9 cm³/mol. The van der Waals surface area contributed by atoms with E-state index >= 15 is 0 Å². The van der Waals surface area contributed by atoms with Crippen molar-refractivity contribution in [1.29, 1.82) is 0 Å². The van der Waals surface area contributed by atoms with Crippen LogP contribution in [0.5, 0.6) is 5.75 Å².